The van der Waals surface area contributed by atoms with Crippen molar-refractivity contribution in [3.8, 4) is 0 Å². The molecule has 0 unspecified atom stereocenters. The van der Waals surface area contributed by atoms with Gasteiger partial charge in [-0.05, 0) is 13.8 Å². The van der Waals surface area contributed by atoms with Gasteiger partial charge in [0.1, 0.15) is 6.10 Å². The van der Waals surface area contributed by atoms with Crippen LogP contribution in [0.3, 0.4) is 0 Å². The van der Waals surface area contributed by atoms with Crippen LogP contribution in [0.5, 0.6) is 0 Å². The molecular formula is C9H18O4. The van der Waals surface area contributed by atoms with Gasteiger partial charge in [0, 0.05) is 12.5 Å². The van der Waals surface area contributed by atoms with Crippen molar-refractivity contribution < 1.29 is 19.7 Å². The summed E-state index contributed by atoms with van der Waals surface area (Å²) in [5.74, 6) is -0.789. The Bertz CT molecular complexity index is 169. The summed E-state index contributed by atoms with van der Waals surface area (Å²) in [5, 5.41) is 18.5. The second-order valence-electron chi connectivity index (χ2n) is 4.02. The SMILES string of the molecule is C[C@@H](CO)[C@@H](O)[C@H]1COC(C)(C)O1. The fourth-order valence-corrected chi connectivity index (χ4v) is 1.36. The third-order valence-electron chi connectivity index (χ3n) is 2.28. The molecule has 1 saturated heterocycles. The largest absolute Gasteiger partial charge is 0.396 e. The molecule has 0 saturated carbocycles. The van der Waals surface area contributed by atoms with Gasteiger partial charge in [-0.25, -0.2) is 0 Å². The van der Waals surface area contributed by atoms with E-state index in [4.69, 9.17) is 14.6 Å². The average Bonchev–Trinajstić information content (AvgIpc) is 2.43. The molecule has 2 N–H and O–H groups in total. The summed E-state index contributed by atoms with van der Waals surface area (Å²) >= 11 is 0. The van der Waals surface area contributed by atoms with E-state index in [9.17, 15) is 5.11 Å². The second-order valence-corrected chi connectivity index (χ2v) is 4.02. The number of aliphatic hydroxyl groups is 2. The lowest BCUT2D eigenvalue weighted by molar-refractivity contribution is -0.156. The Morgan fingerprint density at radius 3 is 2.54 bits per heavy atom. The van der Waals surface area contributed by atoms with Crippen LogP contribution in [-0.2, 0) is 9.47 Å². The molecule has 4 nitrogen and oxygen atoms in total. The minimum atomic E-state index is -0.660. The minimum absolute atomic E-state index is 0.0402. The Labute approximate surface area is 78.5 Å². The van der Waals surface area contributed by atoms with Gasteiger partial charge >= 0.3 is 0 Å². The van der Waals surface area contributed by atoms with E-state index in [1.807, 2.05) is 13.8 Å². The van der Waals surface area contributed by atoms with Gasteiger partial charge in [0.25, 0.3) is 0 Å². The molecule has 4 heteroatoms. The molecule has 78 valence electrons. The lowest BCUT2D eigenvalue weighted by Crippen LogP contribution is -2.36. The fraction of sp³-hybridized carbons (Fsp3) is 1.00. The van der Waals surface area contributed by atoms with Crippen LogP contribution in [0.25, 0.3) is 0 Å². The highest BCUT2D eigenvalue weighted by Gasteiger charge is 2.38. The summed E-state index contributed by atoms with van der Waals surface area (Å²) in [6.45, 7) is 5.74. The van der Waals surface area contributed by atoms with E-state index in [1.165, 1.54) is 0 Å². The third kappa shape index (κ3) is 2.64. The van der Waals surface area contributed by atoms with Crippen molar-refractivity contribution in [2.45, 2.75) is 38.8 Å². The quantitative estimate of drug-likeness (QED) is 0.664. The first-order chi connectivity index (χ1) is 5.96. The number of hydrogen-bond donors (Lipinski definition) is 2. The topological polar surface area (TPSA) is 58.9 Å². The number of ether oxygens (including phenoxy) is 2. The van der Waals surface area contributed by atoms with E-state index in [0.717, 1.165) is 0 Å². The predicted molar refractivity (Wildman–Crippen MR) is 47.2 cm³/mol. The van der Waals surface area contributed by atoms with Crippen molar-refractivity contribution >= 4 is 0 Å². The van der Waals surface area contributed by atoms with Crippen LogP contribution >= 0.6 is 0 Å². The molecule has 1 fully saturated rings. The number of hydrogen-bond acceptors (Lipinski definition) is 4. The summed E-state index contributed by atoms with van der Waals surface area (Å²) in [6, 6.07) is 0. The van der Waals surface area contributed by atoms with Crippen LogP contribution in [-0.4, -0.2) is 41.4 Å². The molecule has 0 amide bonds. The van der Waals surface area contributed by atoms with Crippen LogP contribution in [0.1, 0.15) is 20.8 Å². The Hall–Kier alpha value is -0.160. The molecule has 0 aromatic rings. The van der Waals surface area contributed by atoms with Gasteiger partial charge < -0.3 is 19.7 Å². The van der Waals surface area contributed by atoms with E-state index in [2.05, 4.69) is 0 Å². The Morgan fingerprint density at radius 1 is 1.54 bits per heavy atom. The zero-order valence-electron chi connectivity index (χ0n) is 8.36. The van der Waals surface area contributed by atoms with Crippen LogP contribution in [0.2, 0.25) is 0 Å². The van der Waals surface area contributed by atoms with Crippen molar-refractivity contribution in [1.82, 2.24) is 0 Å². The van der Waals surface area contributed by atoms with Crippen molar-refractivity contribution in [3.63, 3.8) is 0 Å². The Kier molecular flexibility index (Phi) is 3.29. The van der Waals surface area contributed by atoms with Crippen molar-refractivity contribution in [2.75, 3.05) is 13.2 Å². The summed E-state index contributed by atoms with van der Waals surface area (Å²) in [5.41, 5.74) is 0. The molecule has 0 spiro atoms. The summed E-state index contributed by atoms with van der Waals surface area (Å²) in [4.78, 5) is 0. The lowest BCUT2D eigenvalue weighted by atomic mass is 10.0. The van der Waals surface area contributed by atoms with Crippen LogP contribution < -0.4 is 0 Å². The second kappa shape index (κ2) is 3.92. The fourth-order valence-electron chi connectivity index (χ4n) is 1.36. The van der Waals surface area contributed by atoms with Gasteiger partial charge in [-0.15, -0.1) is 0 Å². The summed E-state index contributed by atoms with van der Waals surface area (Å²) < 4.78 is 10.8. The standard InChI is InChI=1S/C9H18O4/c1-6(4-10)8(11)7-5-12-9(2,3)13-7/h6-8,10-11H,4-5H2,1-3H3/t6-,7+,8+/m0/s1. The van der Waals surface area contributed by atoms with Gasteiger partial charge in [-0.3, -0.25) is 0 Å². The highest BCUT2D eigenvalue weighted by molar-refractivity contribution is 4.80. The first-order valence-corrected chi connectivity index (χ1v) is 4.57. The highest BCUT2D eigenvalue weighted by atomic mass is 16.7. The molecule has 3 atom stereocenters. The molecular weight excluding hydrogens is 172 g/mol. The summed E-state index contributed by atoms with van der Waals surface area (Å²) in [7, 11) is 0. The summed E-state index contributed by atoms with van der Waals surface area (Å²) in [6.07, 6.45) is -0.982. The molecule has 0 aromatic carbocycles. The molecule has 1 heterocycles. The molecule has 13 heavy (non-hydrogen) atoms. The molecule has 0 aromatic heterocycles. The Balaban J connectivity index is 2.46. The maximum atomic E-state index is 9.68. The van der Waals surface area contributed by atoms with Gasteiger partial charge in [0.15, 0.2) is 5.79 Å². The minimum Gasteiger partial charge on any atom is -0.396 e. The predicted octanol–water partition coefficient (Wildman–Crippen LogP) is 0.127. The van der Waals surface area contributed by atoms with Gasteiger partial charge in [-0.1, -0.05) is 6.92 Å². The average molecular weight is 190 g/mol. The van der Waals surface area contributed by atoms with Crippen LogP contribution in [0.15, 0.2) is 0 Å². The zero-order chi connectivity index (χ0) is 10.1. The maximum absolute atomic E-state index is 9.68. The van der Waals surface area contributed by atoms with E-state index >= 15 is 0 Å². The lowest BCUT2D eigenvalue weighted by Gasteiger charge is -2.23. The van der Waals surface area contributed by atoms with E-state index < -0.39 is 11.9 Å². The normalized spacial score (nSPS) is 31.6. The third-order valence-corrected chi connectivity index (χ3v) is 2.28. The molecule has 1 rings (SSSR count). The smallest absolute Gasteiger partial charge is 0.163 e. The molecule has 1 aliphatic rings. The van der Waals surface area contributed by atoms with Gasteiger partial charge in [-0.2, -0.15) is 0 Å². The van der Waals surface area contributed by atoms with E-state index in [0.29, 0.717) is 6.61 Å². The molecule has 1 aliphatic heterocycles. The first-order valence-electron chi connectivity index (χ1n) is 4.57. The van der Waals surface area contributed by atoms with Crippen molar-refractivity contribution in [3.05, 3.63) is 0 Å². The molecule has 0 bridgehead atoms. The maximum Gasteiger partial charge on any atom is 0.163 e. The molecule has 0 aliphatic carbocycles. The van der Waals surface area contributed by atoms with Crippen molar-refractivity contribution in [2.24, 2.45) is 5.92 Å². The van der Waals surface area contributed by atoms with Crippen molar-refractivity contribution in [1.29, 1.82) is 0 Å². The van der Waals surface area contributed by atoms with E-state index in [-0.39, 0.29) is 18.6 Å². The van der Waals surface area contributed by atoms with E-state index in [1.54, 1.807) is 6.92 Å². The molecule has 0 radical (unpaired) electrons. The number of aliphatic hydroxyl groups excluding tert-OH is 2. The Morgan fingerprint density at radius 2 is 2.15 bits per heavy atom. The number of rotatable bonds is 3. The van der Waals surface area contributed by atoms with Crippen LogP contribution in [0.4, 0.5) is 0 Å². The van der Waals surface area contributed by atoms with Gasteiger partial charge in [0.05, 0.1) is 12.7 Å². The zero-order valence-corrected chi connectivity index (χ0v) is 8.36. The first kappa shape index (κ1) is 10.9. The van der Waals surface area contributed by atoms with Crippen LogP contribution in [0, 0.1) is 5.92 Å². The monoisotopic (exact) mass is 190 g/mol. The van der Waals surface area contributed by atoms with Gasteiger partial charge in [0.2, 0.25) is 0 Å². The highest BCUT2D eigenvalue weighted by Crippen LogP contribution is 2.26.